The number of nitrogens with zero attached hydrogens (tertiary/aromatic N) is 1. The van der Waals surface area contributed by atoms with Gasteiger partial charge < -0.3 is 5.32 Å². The van der Waals surface area contributed by atoms with E-state index in [1.807, 2.05) is 0 Å². The van der Waals surface area contributed by atoms with Crippen LogP contribution in [0.2, 0.25) is 0 Å². The highest BCUT2D eigenvalue weighted by atomic mass is 79.9. The molecule has 0 amide bonds. The Labute approximate surface area is 124 Å². The second-order valence-corrected chi connectivity index (χ2v) is 8.09. The van der Waals surface area contributed by atoms with Crippen LogP contribution >= 0.6 is 15.9 Å². The minimum Gasteiger partial charge on any atom is -0.372 e. The summed E-state index contributed by atoms with van der Waals surface area (Å²) in [7, 11) is -3.18. The molecule has 2 unspecified atom stereocenters. The predicted molar refractivity (Wildman–Crippen MR) is 80.2 cm³/mol. The van der Waals surface area contributed by atoms with E-state index in [-0.39, 0.29) is 16.5 Å². The van der Waals surface area contributed by atoms with Crippen molar-refractivity contribution in [2.24, 2.45) is 0 Å². The summed E-state index contributed by atoms with van der Waals surface area (Å²) in [5.41, 5.74) is 0. The molecule has 0 saturated heterocycles. The van der Waals surface area contributed by atoms with Gasteiger partial charge in [0.25, 0.3) is 0 Å². The fraction of sp³-hybridized carbons (Fsp3) is 0.500. The highest BCUT2D eigenvalue weighted by molar-refractivity contribution is 9.10. The maximum absolute atomic E-state index is 12.2. The lowest BCUT2D eigenvalue weighted by atomic mass is 10.4. The summed E-state index contributed by atoms with van der Waals surface area (Å²) in [4.78, 5) is 4.05. The summed E-state index contributed by atoms with van der Waals surface area (Å²) in [6, 6.07) is 1.05. The Hall–Kier alpha value is -0.510. The molecular formula is C10H16BrN3O3S2. The number of sulfonamides is 1. The first-order valence-electron chi connectivity index (χ1n) is 5.42. The second-order valence-electron chi connectivity index (χ2n) is 4.01. The summed E-state index contributed by atoms with van der Waals surface area (Å²) in [5.74, 6) is 0.524. The van der Waals surface area contributed by atoms with Crippen LogP contribution in [-0.2, 0) is 20.8 Å². The van der Waals surface area contributed by atoms with Crippen molar-refractivity contribution in [3.63, 3.8) is 0 Å². The predicted octanol–water partition coefficient (Wildman–Crippen LogP) is 0.931. The highest BCUT2D eigenvalue weighted by Gasteiger charge is 2.22. The van der Waals surface area contributed by atoms with Gasteiger partial charge in [0.15, 0.2) is 0 Å². The third-order valence-corrected chi connectivity index (χ3v) is 5.19. The van der Waals surface area contributed by atoms with Gasteiger partial charge in [-0.3, -0.25) is 4.21 Å². The van der Waals surface area contributed by atoms with Gasteiger partial charge in [0.05, 0.1) is 0 Å². The van der Waals surface area contributed by atoms with E-state index in [4.69, 9.17) is 0 Å². The molecule has 0 aromatic carbocycles. The zero-order valence-electron chi connectivity index (χ0n) is 10.8. The van der Waals surface area contributed by atoms with Crippen LogP contribution in [-0.4, -0.2) is 42.7 Å². The molecule has 0 aliphatic carbocycles. The molecule has 9 heteroatoms. The molecule has 108 valence electrons. The molecule has 0 spiro atoms. The van der Waals surface area contributed by atoms with Gasteiger partial charge in [-0.05, 0) is 28.9 Å². The van der Waals surface area contributed by atoms with Gasteiger partial charge in [-0.25, -0.2) is 18.1 Å². The van der Waals surface area contributed by atoms with Crippen LogP contribution < -0.4 is 10.0 Å². The zero-order valence-corrected chi connectivity index (χ0v) is 14.0. The molecule has 0 bridgehead atoms. The Balaban J connectivity index is 3.06. The molecule has 2 N–H and O–H groups in total. The van der Waals surface area contributed by atoms with Crippen molar-refractivity contribution in [1.82, 2.24) is 9.71 Å². The van der Waals surface area contributed by atoms with Gasteiger partial charge in [-0.1, -0.05) is 0 Å². The molecule has 19 heavy (non-hydrogen) atoms. The van der Waals surface area contributed by atoms with Crippen LogP contribution in [0.25, 0.3) is 0 Å². The molecule has 1 rings (SSSR count). The van der Waals surface area contributed by atoms with Crippen molar-refractivity contribution in [3.8, 4) is 0 Å². The number of nitrogens with one attached hydrogen (secondary N) is 2. The SMILES string of the molecule is CNc1ncc(Br)cc1S(=O)(=O)NC(C)CS(C)=O. The fourth-order valence-electron chi connectivity index (χ4n) is 1.53. The van der Waals surface area contributed by atoms with Crippen molar-refractivity contribution in [1.29, 1.82) is 0 Å². The highest BCUT2D eigenvalue weighted by Crippen LogP contribution is 2.22. The van der Waals surface area contributed by atoms with E-state index >= 15 is 0 Å². The van der Waals surface area contributed by atoms with E-state index in [9.17, 15) is 12.6 Å². The number of anilines is 1. The van der Waals surface area contributed by atoms with E-state index in [1.54, 1.807) is 14.0 Å². The smallest absolute Gasteiger partial charge is 0.244 e. The molecule has 0 radical (unpaired) electrons. The Kier molecular flexibility index (Phi) is 5.90. The number of hydrogen-bond acceptors (Lipinski definition) is 5. The number of rotatable bonds is 6. The molecule has 6 nitrogen and oxygen atoms in total. The quantitative estimate of drug-likeness (QED) is 0.778. The summed E-state index contributed by atoms with van der Waals surface area (Å²) in [6.07, 6.45) is 3.04. The topological polar surface area (TPSA) is 88.2 Å². The minimum absolute atomic E-state index is 0.0538. The van der Waals surface area contributed by atoms with Crippen LogP contribution in [0, 0.1) is 0 Å². The first kappa shape index (κ1) is 16.5. The van der Waals surface area contributed by atoms with Crippen LogP contribution in [0.4, 0.5) is 5.82 Å². The Morgan fingerprint density at radius 3 is 2.68 bits per heavy atom. The largest absolute Gasteiger partial charge is 0.372 e. The number of hydrogen-bond donors (Lipinski definition) is 2. The van der Waals surface area contributed by atoms with Crippen LogP contribution in [0.3, 0.4) is 0 Å². The minimum atomic E-state index is -3.71. The number of halogens is 1. The maximum Gasteiger partial charge on any atom is 0.244 e. The third kappa shape index (κ3) is 4.83. The Morgan fingerprint density at radius 1 is 1.53 bits per heavy atom. The summed E-state index contributed by atoms with van der Waals surface area (Å²) < 4.78 is 38.6. The summed E-state index contributed by atoms with van der Waals surface area (Å²) in [6.45, 7) is 1.67. The van der Waals surface area contributed by atoms with Crippen LogP contribution in [0.5, 0.6) is 0 Å². The number of pyridine rings is 1. The van der Waals surface area contributed by atoms with Crippen molar-refractivity contribution < 1.29 is 12.6 Å². The Bertz CT molecular complexity index is 577. The summed E-state index contributed by atoms with van der Waals surface area (Å²) >= 11 is 3.19. The van der Waals surface area contributed by atoms with Crippen molar-refractivity contribution in [3.05, 3.63) is 16.7 Å². The van der Waals surface area contributed by atoms with Crippen molar-refractivity contribution in [2.75, 3.05) is 24.4 Å². The fourth-order valence-corrected chi connectivity index (χ4v) is 4.33. The molecule has 2 atom stereocenters. The normalized spacial score (nSPS) is 14.9. The molecule has 1 aromatic heterocycles. The van der Waals surface area contributed by atoms with E-state index in [0.29, 0.717) is 4.47 Å². The van der Waals surface area contributed by atoms with Crippen LogP contribution in [0.15, 0.2) is 21.6 Å². The summed E-state index contributed by atoms with van der Waals surface area (Å²) in [5, 5.41) is 2.73. The molecule has 1 heterocycles. The van der Waals surface area contributed by atoms with Gasteiger partial charge in [0, 0.05) is 46.6 Å². The number of aromatic nitrogens is 1. The average molecular weight is 370 g/mol. The molecule has 0 aliphatic heterocycles. The van der Waals surface area contributed by atoms with E-state index in [2.05, 4.69) is 31.0 Å². The third-order valence-electron chi connectivity index (χ3n) is 2.19. The first-order chi connectivity index (χ1) is 8.76. The van der Waals surface area contributed by atoms with Gasteiger partial charge in [-0.2, -0.15) is 0 Å². The lowest BCUT2D eigenvalue weighted by Gasteiger charge is -2.15. The maximum atomic E-state index is 12.2. The molecular weight excluding hydrogens is 354 g/mol. The van der Waals surface area contributed by atoms with E-state index in [1.165, 1.54) is 18.5 Å². The van der Waals surface area contributed by atoms with E-state index < -0.39 is 26.9 Å². The van der Waals surface area contributed by atoms with Gasteiger partial charge in [0.1, 0.15) is 10.7 Å². The van der Waals surface area contributed by atoms with Gasteiger partial charge in [-0.15, -0.1) is 0 Å². The average Bonchev–Trinajstić information content (AvgIpc) is 2.26. The second kappa shape index (κ2) is 6.78. The molecule has 1 aromatic rings. The van der Waals surface area contributed by atoms with Crippen molar-refractivity contribution in [2.45, 2.75) is 17.9 Å². The standard InChI is InChI=1S/C10H16BrN3O3S2/c1-7(6-18(3)15)14-19(16,17)9-4-8(11)5-13-10(9)12-2/h4-5,7,14H,6H2,1-3H3,(H,12,13). The first-order valence-corrected chi connectivity index (χ1v) is 9.42. The van der Waals surface area contributed by atoms with Crippen LogP contribution in [0.1, 0.15) is 6.92 Å². The Morgan fingerprint density at radius 2 is 2.16 bits per heavy atom. The lowest BCUT2D eigenvalue weighted by Crippen LogP contribution is -2.36. The molecule has 0 fully saturated rings. The molecule has 0 saturated carbocycles. The van der Waals surface area contributed by atoms with Gasteiger partial charge in [0.2, 0.25) is 10.0 Å². The van der Waals surface area contributed by atoms with Gasteiger partial charge >= 0.3 is 0 Å². The lowest BCUT2D eigenvalue weighted by molar-refractivity contribution is 0.570. The monoisotopic (exact) mass is 369 g/mol. The molecule has 0 aliphatic rings. The zero-order chi connectivity index (χ0) is 14.6. The van der Waals surface area contributed by atoms with Crippen molar-refractivity contribution >= 4 is 42.6 Å². The van der Waals surface area contributed by atoms with E-state index in [0.717, 1.165) is 0 Å².